The van der Waals surface area contributed by atoms with Gasteiger partial charge in [-0.3, -0.25) is 9.59 Å². The van der Waals surface area contributed by atoms with Gasteiger partial charge >= 0.3 is 0 Å². The lowest BCUT2D eigenvalue weighted by atomic mass is 10.1. The molecule has 0 saturated heterocycles. The van der Waals surface area contributed by atoms with Crippen molar-refractivity contribution >= 4 is 11.8 Å². The van der Waals surface area contributed by atoms with Crippen molar-refractivity contribution in [1.29, 1.82) is 0 Å². The van der Waals surface area contributed by atoms with E-state index in [2.05, 4.69) is 16.0 Å². The van der Waals surface area contributed by atoms with Crippen LogP contribution >= 0.6 is 0 Å². The van der Waals surface area contributed by atoms with Gasteiger partial charge in [0.1, 0.15) is 0 Å². The monoisotopic (exact) mass is 261 g/mol. The molecule has 0 fully saturated rings. The van der Waals surface area contributed by atoms with Gasteiger partial charge in [0.05, 0.1) is 6.04 Å². The molecule has 0 aromatic rings. The highest BCUT2D eigenvalue weighted by Gasteiger charge is 2.13. The molecular formula is C13H31N3O2. The molecule has 0 saturated carbocycles. The van der Waals surface area contributed by atoms with Gasteiger partial charge in [0, 0.05) is 20.5 Å². The summed E-state index contributed by atoms with van der Waals surface area (Å²) in [6.07, 6.45) is 1.51. The summed E-state index contributed by atoms with van der Waals surface area (Å²) >= 11 is 0. The van der Waals surface area contributed by atoms with Crippen LogP contribution in [0.3, 0.4) is 0 Å². The first-order chi connectivity index (χ1) is 8.61. The second kappa shape index (κ2) is 18.3. The zero-order chi connectivity index (χ0) is 15.0. The molecule has 18 heavy (non-hydrogen) atoms. The number of likely N-dealkylation sites (N-methyl/N-ethyl adjacent to an activating group) is 2. The minimum absolute atomic E-state index is 0.0182. The molecular weight excluding hydrogens is 230 g/mol. The SMILES string of the molecule is CC.CC.CNC(=O)C(CCCNC(C)=O)NC. The van der Waals surface area contributed by atoms with E-state index in [0.29, 0.717) is 6.54 Å². The molecule has 0 aromatic heterocycles. The van der Waals surface area contributed by atoms with Crippen molar-refractivity contribution in [3.63, 3.8) is 0 Å². The van der Waals surface area contributed by atoms with Crippen LogP contribution in [0.15, 0.2) is 0 Å². The van der Waals surface area contributed by atoms with Crippen LogP contribution in [-0.2, 0) is 9.59 Å². The van der Waals surface area contributed by atoms with Crippen molar-refractivity contribution in [2.75, 3.05) is 20.6 Å². The standard InChI is InChI=1S/C9H19N3O2.2C2H6/c1-7(13)12-6-4-5-8(10-2)9(14)11-3;2*1-2/h8,10H,4-6H2,1-3H3,(H,11,14)(H,12,13);2*1-2H3. The predicted molar refractivity (Wildman–Crippen MR) is 77.5 cm³/mol. The fraction of sp³-hybridized carbons (Fsp3) is 0.846. The van der Waals surface area contributed by atoms with Crippen LogP contribution in [0.5, 0.6) is 0 Å². The normalized spacial score (nSPS) is 9.94. The molecule has 0 aromatic carbocycles. The minimum atomic E-state index is -0.172. The maximum Gasteiger partial charge on any atom is 0.236 e. The summed E-state index contributed by atoms with van der Waals surface area (Å²) in [4.78, 5) is 21.8. The molecule has 0 aliphatic rings. The fourth-order valence-corrected chi connectivity index (χ4v) is 1.15. The molecule has 0 aliphatic carbocycles. The average Bonchev–Trinajstić information content (AvgIpc) is 2.42. The van der Waals surface area contributed by atoms with Gasteiger partial charge in [-0.2, -0.15) is 0 Å². The summed E-state index contributed by atoms with van der Waals surface area (Å²) in [6, 6.07) is -0.172. The van der Waals surface area contributed by atoms with E-state index in [1.165, 1.54) is 6.92 Å². The highest BCUT2D eigenvalue weighted by molar-refractivity contribution is 5.81. The third kappa shape index (κ3) is 14.9. The molecule has 0 radical (unpaired) electrons. The van der Waals surface area contributed by atoms with Crippen molar-refractivity contribution in [2.45, 2.75) is 53.5 Å². The zero-order valence-corrected chi connectivity index (χ0v) is 13.0. The number of carbonyl (C=O) groups is 2. The number of hydrogen-bond acceptors (Lipinski definition) is 3. The quantitative estimate of drug-likeness (QED) is 0.631. The summed E-state index contributed by atoms with van der Waals surface area (Å²) in [5.41, 5.74) is 0. The first-order valence-electron chi connectivity index (χ1n) is 6.75. The number of hydrogen-bond donors (Lipinski definition) is 3. The van der Waals surface area contributed by atoms with Crippen LogP contribution in [0.1, 0.15) is 47.5 Å². The van der Waals surface area contributed by atoms with E-state index in [0.717, 1.165) is 12.8 Å². The van der Waals surface area contributed by atoms with Gasteiger partial charge in [0.15, 0.2) is 0 Å². The second-order valence-corrected chi connectivity index (χ2v) is 3.08. The van der Waals surface area contributed by atoms with E-state index in [4.69, 9.17) is 0 Å². The van der Waals surface area contributed by atoms with Crippen molar-refractivity contribution in [2.24, 2.45) is 0 Å². The van der Waals surface area contributed by atoms with Gasteiger partial charge in [0.2, 0.25) is 11.8 Å². The first-order valence-corrected chi connectivity index (χ1v) is 6.75. The molecule has 3 N–H and O–H groups in total. The number of amides is 2. The van der Waals surface area contributed by atoms with Crippen LogP contribution in [0.4, 0.5) is 0 Å². The maximum absolute atomic E-state index is 11.2. The molecule has 0 spiro atoms. The lowest BCUT2D eigenvalue weighted by Gasteiger charge is -2.13. The third-order valence-electron chi connectivity index (χ3n) is 1.95. The predicted octanol–water partition coefficient (Wildman–Crippen LogP) is 1.29. The molecule has 5 nitrogen and oxygen atoms in total. The molecule has 0 rings (SSSR count). The Morgan fingerprint density at radius 3 is 1.89 bits per heavy atom. The Morgan fingerprint density at radius 2 is 1.56 bits per heavy atom. The zero-order valence-electron chi connectivity index (χ0n) is 13.0. The van der Waals surface area contributed by atoms with Gasteiger partial charge in [-0.25, -0.2) is 0 Å². The molecule has 2 amide bonds. The van der Waals surface area contributed by atoms with Crippen molar-refractivity contribution in [3.8, 4) is 0 Å². The van der Waals surface area contributed by atoms with E-state index in [9.17, 15) is 9.59 Å². The number of nitrogens with one attached hydrogen (secondary N) is 3. The Morgan fingerprint density at radius 1 is 1.06 bits per heavy atom. The van der Waals surface area contributed by atoms with Crippen LogP contribution in [0, 0.1) is 0 Å². The first kappa shape index (κ1) is 22.1. The third-order valence-corrected chi connectivity index (χ3v) is 1.95. The van der Waals surface area contributed by atoms with Gasteiger partial charge in [-0.1, -0.05) is 27.7 Å². The smallest absolute Gasteiger partial charge is 0.236 e. The van der Waals surface area contributed by atoms with Crippen LogP contribution in [-0.4, -0.2) is 38.5 Å². The summed E-state index contributed by atoms with van der Waals surface area (Å²) < 4.78 is 0. The fourth-order valence-electron chi connectivity index (χ4n) is 1.15. The molecule has 0 aliphatic heterocycles. The summed E-state index contributed by atoms with van der Waals surface area (Å²) in [5.74, 6) is -0.0544. The second-order valence-electron chi connectivity index (χ2n) is 3.08. The number of carbonyl (C=O) groups excluding carboxylic acids is 2. The Labute approximate surface area is 112 Å². The Hall–Kier alpha value is -1.10. The minimum Gasteiger partial charge on any atom is -0.358 e. The molecule has 1 atom stereocenters. The molecule has 1 unspecified atom stereocenters. The van der Waals surface area contributed by atoms with E-state index < -0.39 is 0 Å². The van der Waals surface area contributed by atoms with Crippen LogP contribution in [0.25, 0.3) is 0 Å². The van der Waals surface area contributed by atoms with Crippen LogP contribution in [0.2, 0.25) is 0 Å². The number of rotatable bonds is 6. The van der Waals surface area contributed by atoms with E-state index in [1.54, 1.807) is 14.1 Å². The molecule has 5 heteroatoms. The van der Waals surface area contributed by atoms with Gasteiger partial charge in [-0.05, 0) is 19.9 Å². The van der Waals surface area contributed by atoms with Crippen molar-refractivity contribution in [3.05, 3.63) is 0 Å². The summed E-state index contributed by atoms with van der Waals surface area (Å²) in [6.45, 7) is 10.1. The van der Waals surface area contributed by atoms with E-state index in [1.807, 2.05) is 27.7 Å². The largest absolute Gasteiger partial charge is 0.358 e. The van der Waals surface area contributed by atoms with Crippen molar-refractivity contribution in [1.82, 2.24) is 16.0 Å². The van der Waals surface area contributed by atoms with Gasteiger partial charge in [-0.15, -0.1) is 0 Å². The lowest BCUT2D eigenvalue weighted by Crippen LogP contribution is -2.41. The Bertz CT molecular complexity index is 197. The lowest BCUT2D eigenvalue weighted by molar-refractivity contribution is -0.122. The molecule has 0 heterocycles. The highest BCUT2D eigenvalue weighted by atomic mass is 16.2. The van der Waals surface area contributed by atoms with Crippen molar-refractivity contribution < 1.29 is 9.59 Å². The topological polar surface area (TPSA) is 70.2 Å². The maximum atomic E-state index is 11.2. The Balaban J connectivity index is -0.000000506. The van der Waals surface area contributed by atoms with E-state index >= 15 is 0 Å². The van der Waals surface area contributed by atoms with Gasteiger partial charge in [0.25, 0.3) is 0 Å². The highest BCUT2D eigenvalue weighted by Crippen LogP contribution is 1.95. The van der Waals surface area contributed by atoms with Gasteiger partial charge < -0.3 is 16.0 Å². The summed E-state index contributed by atoms with van der Waals surface area (Å²) in [5, 5.41) is 8.18. The summed E-state index contributed by atoms with van der Waals surface area (Å²) in [7, 11) is 3.36. The van der Waals surface area contributed by atoms with E-state index in [-0.39, 0.29) is 17.9 Å². The average molecular weight is 261 g/mol. The molecule has 110 valence electrons. The Kier molecular flexibility index (Phi) is 22.4. The molecule has 0 bridgehead atoms. The van der Waals surface area contributed by atoms with Crippen LogP contribution < -0.4 is 16.0 Å².